The van der Waals surface area contributed by atoms with Crippen LogP contribution in [0.1, 0.15) is 20.3 Å². The van der Waals surface area contributed by atoms with Crippen molar-refractivity contribution in [1.29, 1.82) is 0 Å². The van der Waals surface area contributed by atoms with Crippen LogP contribution >= 0.6 is 0 Å². The third-order valence-corrected chi connectivity index (χ3v) is 3.53. The second-order valence-electron chi connectivity index (χ2n) is 4.78. The molecule has 0 bridgehead atoms. The third kappa shape index (κ3) is 7.12. The number of hydrogen-bond donors (Lipinski definition) is 2. The molecule has 0 saturated carbocycles. The molecule has 0 saturated heterocycles. The van der Waals surface area contributed by atoms with Crippen molar-refractivity contribution >= 4 is 21.7 Å². The number of esters is 1. The predicted molar refractivity (Wildman–Crippen MR) is 71.1 cm³/mol. The predicted octanol–water partition coefficient (Wildman–Crippen LogP) is -0.938. The summed E-state index contributed by atoms with van der Waals surface area (Å²) >= 11 is 0. The average molecular weight is 294 g/mol. The van der Waals surface area contributed by atoms with Crippen LogP contribution < -0.4 is 11.1 Å². The summed E-state index contributed by atoms with van der Waals surface area (Å²) in [5.74, 6) is -1.45. The van der Waals surface area contributed by atoms with Gasteiger partial charge in [0.2, 0.25) is 5.91 Å². The van der Waals surface area contributed by atoms with Gasteiger partial charge in [-0.15, -0.1) is 0 Å². The lowest BCUT2D eigenvalue weighted by molar-refractivity contribution is -0.146. The SMILES string of the molecule is COC(=O)C(NC(=O)C(N)CCS(C)(=O)=O)C(C)C. The van der Waals surface area contributed by atoms with Gasteiger partial charge in [-0.25, -0.2) is 13.2 Å². The number of sulfone groups is 1. The second kappa shape index (κ2) is 7.44. The molecule has 2 unspecified atom stereocenters. The molecule has 0 radical (unpaired) electrons. The molecule has 0 rings (SSSR count). The summed E-state index contributed by atoms with van der Waals surface area (Å²) in [6, 6.07) is -1.76. The van der Waals surface area contributed by atoms with Gasteiger partial charge in [-0.1, -0.05) is 13.8 Å². The van der Waals surface area contributed by atoms with Gasteiger partial charge in [0.05, 0.1) is 18.9 Å². The van der Waals surface area contributed by atoms with Crippen molar-refractivity contribution in [1.82, 2.24) is 5.32 Å². The smallest absolute Gasteiger partial charge is 0.328 e. The molecule has 0 aromatic rings. The van der Waals surface area contributed by atoms with Gasteiger partial charge in [0, 0.05) is 6.26 Å². The van der Waals surface area contributed by atoms with E-state index in [0.717, 1.165) is 6.26 Å². The number of amides is 1. The van der Waals surface area contributed by atoms with Crippen molar-refractivity contribution < 1.29 is 22.7 Å². The second-order valence-corrected chi connectivity index (χ2v) is 7.04. The Morgan fingerprint density at radius 3 is 2.21 bits per heavy atom. The third-order valence-electron chi connectivity index (χ3n) is 2.56. The highest BCUT2D eigenvalue weighted by atomic mass is 32.2. The van der Waals surface area contributed by atoms with Gasteiger partial charge in [0.1, 0.15) is 15.9 Å². The summed E-state index contributed by atoms with van der Waals surface area (Å²) in [4.78, 5) is 23.2. The molecule has 8 heteroatoms. The van der Waals surface area contributed by atoms with E-state index in [4.69, 9.17) is 5.73 Å². The quantitative estimate of drug-likeness (QED) is 0.586. The standard InChI is InChI=1S/C11H22N2O5S/c1-7(2)9(11(15)18-3)13-10(14)8(12)5-6-19(4,16)17/h7-9H,5-6,12H2,1-4H3,(H,13,14). The number of nitrogens with one attached hydrogen (secondary N) is 1. The fraction of sp³-hybridized carbons (Fsp3) is 0.818. The van der Waals surface area contributed by atoms with E-state index in [1.54, 1.807) is 13.8 Å². The summed E-state index contributed by atoms with van der Waals surface area (Å²) < 4.78 is 26.5. The summed E-state index contributed by atoms with van der Waals surface area (Å²) in [6.07, 6.45) is 1.08. The molecule has 0 aromatic carbocycles. The van der Waals surface area contributed by atoms with Crippen LogP contribution in [0, 0.1) is 5.92 Å². The highest BCUT2D eigenvalue weighted by Crippen LogP contribution is 2.04. The first-order valence-corrected chi connectivity index (χ1v) is 7.96. The Labute approximate surface area is 113 Å². The molecule has 112 valence electrons. The van der Waals surface area contributed by atoms with Crippen molar-refractivity contribution in [2.24, 2.45) is 11.7 Å². The van der Waals surface area contributed by atoms with E-state index in [-0.39, 0.29) is 18.1 Å². The minimum atomic E-state index is -3.17. The topological polar surface area (TPSA) is 116 Å². The van der Waals surface area contributed by atoms with Crippen LogP contribution in [0.25, 0.3) is 0 Å². The maximum atomic E-state index is 11.8. The van der Waals surface area contributed by atoms with Crippen LogP contribution in [0.2, 0.25) is 0 Å². The lowest BCUT2D eigenvalue weighted by atomic mass is 10.0. The van der Waals surface area contributed by atoms with Crippen molar-refractivity contribution in [3.63, 3.8) is 0 Å². The summed E-state index contributed by atoms with van der Waals surface area (Å²) in [5.41, 5.74) is 5.59. The molecular formula is C11H22N2O5S. The summed E-state index contributed by atoms with van der Waals surface area (Å²) in [6.45, 7) is 3.51. The highest BCUT2D eigenvalue weighted by molar-refractivity contribution is 7.90. The molecule has 0 spiro atoms. The number of hydrogen-bond acceptors (Lipinski definition) is 6. The highest BCUT2D eigenvalue weighted by Gasteiger charge is 2.27. The average Bonchev–Trinajstić information content (AvgIpc) is 2.30. The number of rotatable bonds is 7. The lowest BCUT2D eigenvalue weighted by Crippen LogP contribution is -2.51. The molecule has 7 nitrogen and oxygen atoms in total. The molecule has 0 fully saturated rings. The fourth-order valence-corrected chi connectivity index (χ4v) is 2.04. The van der Waals surface area contributed by atoms with Crippen molar-refractivity contribution in [2.45, 2.75) is 32.4 Å². The Kier molecular flexibility index (Phi) is 6.99. The zero-order chi connectivity index (χ0) is 15.2. The van der Waals surface area contributed by atoms with Crippen LogP contribution in [-0.4, -0.2) is 51.5 Å². The number of methoxy groups -OCH3 is 1. The van der Waals surface area contributed by atoms with Gasteiger partial charge >= 0.3 is 5.97 Å². The van der Waals surface area contributed by atoms with Crippen LogP contribution in [0.3, 0.4) is 0 Å². The molecule has 1 amide bonds. The van der Waals surface area contributed by atoms with E-state index < -0.39 is 33.8 Å². The van der Waals surface area contributed by atoms with Crippen molar-refractivity contribution in [2.75, 3.05) is 19.1 Å². The van der Waals surface area contributed by atoms with E-state index in [0.29, 0.717) is 0 Å². The summed E-state index contributed by atoms with van der Waals surface area (Å²) in [5, 5.41) is 2.47. The molecule has 0 heterocycles. The number of ether oxygens (including phenoxy) is 1. The van der Waals surface area contributed by atoms with Crippen molar-refractivity contribution in [3.05, 3.63) is 0 Å². The minimum absolute atomic E-state index is 0.0106. The zero-order valence-corrected chi connectivity index (χ0v) is 12.5. The maximum Gasteiger partial charge on any atom is 0.328 e. The van der Waals surface area contributed by atoms with Gasteiger partial charge < -0.3 is 15.8 Å². The lowest BCUT2D eigenvalue weighted by Gasteiger charge is -2.21. The first kappa shape index (κ1) is 17.8. The molecule has 0 aliphatic heterocycles. The fourth-order valence-electron chi connectivity index (χ4n) is 1.36. The molecular weight excluding hydrogens is 272 g/mol. The van der Waals surface area contributed by atoms with E-state index in [1.807, 2.05) is 0 Å². The van der Waals surface area contributed by atoms with E-state index in [1.165, 1.54) is 7.11 Å². The largest absolute Gasteiger partial charge is 0.467 e. The Bertz CT molecular complexity index is 419. The number of carbonyl (C=O) groups is 2. The van der Waals surface area contributed by atoms with Crippen LogP contribution in [0.5, 0.6) is 0 Å². The van der Waals surface area contributed by atoms with E-state index in [2.05, 4.69) is 10.1 Å². The van der Waals surface area contributed by atoms with Crippen LogP contribution in [0.4, 0.5) is 0 Å². The normalized spacial score (nSPS) is 14.8. The summed E-state index contributed by atoms with van der Waals surface area (Å²) in [7, 11) is -1.94. The minimum Gasteiger partial charge on any atom is -0.467 e. The van der Waals surface area contributed by atoms with Crippen molar-refractivity contribution in [3.8, 4) is 0 Å². The maximum absolute atomic E-state index is 11.8. The Hall–Kier alpha value is -1.15. The van der Waals surface area contributed by atoms with Crippen LogP contribution in [-0.2, 0) is 24.2 Å². The molecule has 0 aliphatic rings. The number of nitrogens with two attached hydrogens (primary N) is 1. The zero-order valence-electron chi connectivity index (χ0n) is 11.7. The Morgan fingerprint density at radius 1 is 1.32 bits per heavy atom. The first-order valence-electron chi connectivity index (χ1n) is 5.90. The molecule has 19 heavy (non-hydrogen) atoms. The monoisotopic (exact) mass is 294 g/mol. The molecule has 0 aromatic heterocycles. The molecule has 0 aliphatic carbocycles. The van der Waals surface area contributed by atoms with Gasteiger partial charge in [-0.2, -0.15) is 0 Å². The van der Waals surface area contributed by atoms with Gasteiger partial charge in [-0.05, 0) is 12.3 Å². The Morgan fingerprint density at radius 2 is 1.84 bits per heavy atom. The first-order chi connectivity index (χ1) is 8.58. The van der Waals surface area contributed by atoms with E-state index >= 15 is 0 Å². The Balaban J connectivity index is 4.52. The van der Waals surface area contributed by atoms with Crippen LogP contribution in [0.15, 0.2) is 0 Å². The van der Waals surface area contributed by atoms with Gasteiger partial charge in [0.25, 0.3) is 0 Å². The van der Waals surface area contributed by atoms with Gasteiger partial charge in [0.15, 0.2) is 0 Å². The number of carbonyl (C=O) groups excluding carboxylic acids is 2. The molecule has 3 N–H and O–H groups in total. The van der Waals surface area contributed by atoms with Gasteiger partial charge in [-0.3, -0.25) is 4.79 Å². The van der Waals surface area contributed by atoms with E-state index in [9.17, 15) is 18.0 Å². The molecule has 2 atom stereocenters.